The van der Waals surface area contributed by atoms with Crippen LogP contribution in [0, 0.1) is 6.92 Å². The van der Waals surface area contributed by atoms with Gasteiger partial charge in [0.15, 0.2) is 6.04 Å². The van der Waals surface area contributed by atoms with Crippen LogP contribution in [0.4, 0.5) is 0 Å². The van der Waals surface area contributed by atoms with E-state index in [1.807, 2.05) is 6.92 Å². The van der Waals surface area contributed by atoms with E-state index in [0.29, 0.717) is 12.4 Å². The Morgan fingerprint density at radius 1 is 1.47 bits per heavy atom. The van der Waals surface area contributed by atoms with Crippen molar-refractivity contribution < 1.29 is 23.8 Å². The Hall–Kier alpha value is -2.08. The third kappa shape index (κ3) is 3.23. The Kier molecular flexibility index (Phi) is 4.01. The minimum absolute atomic E-state index is 0.0226. The molecule has 102 valence electrons. The van der Waals surface area contributed by atoms with Gasteiger partial charge in [-0.1, -0.05) is 0 Å². The number of aryl methyl sites for hydroxylation is 1. The molecule has 1 aliphatic heterocycles. The second-order valence-corrected chi connectivity index (χ2v) is 4.24. The Morgan fingerprint density at radius 2 is 2.26 bits per heavy atom. The van der Waals surface area contributed by atoms with Crippen molar-refractivity contribution >= 4 is 18.0 Å². The topological polar surface area (TPSA) is 80.0 Å². The zero-order valence-electron chi connectivity index (χ0n) is 10.5. The molecule has 1 saturated heterocycles. The van der Waals surface area contributed by atoms with E-state index in [1.165, 1.54) is 17.1 Å². The first-order valence-corrected chi connectivity index (χ1v) is 5.93. The van der Waals surface area contributed by atoms with Gasteiger partial charge in [-0.2, -0.15) is 0 Å². The highest BCUT2D eigenvalue weighted by molar-refractivity contribution is 5.94. The van der Waals surface area contributed by atoms with Gasteiger partial charge in [-0.15, -0.1) is 0 Å². The number of carboxylic acids is 1. The summed E-state index contributed by atoms with van der Waals surface area (Å²) in [5.41, 5.74) is 0. The summed E-state index contributed by atoms with van der Waals surface area (Å²) in [4.78, 5) is 24.3. The number of carbonyl (C=O) groups is 2. The Labute approximate surface area is 110 Å². The summed E-state index contributed by atoms with van der Waals surface area (Å²) >= 11 is 0. The van der Waals surface area contributed by atoms with Gasteiger partial charge in [0.05, 0.1) is 13.2 Å². The first kappa shape index (κ1) is 13.4. The number of hydrogen-bond donors (Lipinski definition) is 1. The number of furan rings is 1. The number of carboxylic acid groups (broad SMARTS) is 1. The highest BCUT2D eigenvalue weighted by atomic mass is 16.5. The van der Waals surface area contributed by atoms with Crippen LogP contribution in [-0.4, -0.2) is 47.7 Å². The lowest BCUT2D eigenvalue weighted by atomic mass is 10.2. The Balaban J connectivity index is 2.05. The molecular weight excluding hydrogens is 250 g/mol. The first-order chi connectivity index (χ1) is 9.08. The monoisotopic (exact) mass is 265 g/mol. The average molecular weight is 265 g/mol. The van der Waals surface area contributed by atoms with Gasteiger partial charge >= 0.3 is 5.97 Å². The minimum atomic E-state index is -1.06. The zero-order chi connectivity index (χ0) is 13.8. The maximum atomic E-state index is 12.0. The van der Waals surface area contributed by atoms with E-state index < -0.39 is 12.0 Å². The van der Waals surface area contributed by atoms with Crippen LogP contribution in [0.25, 0.3) is 6.08 Å². The Bertz CT molecular complexity index is 505. The van der Waals surface area contributed by atoms with Crippen molar-refractivity contribution in [3.63, 3.8) is 0 Å². The fraction of sp³-hybridized carbons (Fsp3) is 0.385. The van der Waals surface area contributed by atoms with Gasteiger partial charge < -0.3 is 19.2 Å². The van der Waals surface area contributed by atoms with E-state index in [2.05, 4.69) is 0 Å². The lowest BCUT2D eigenvalue weighted by Crippen LogP contribution is -2.52. The molecule has 19 heavy (non-hydrogen) atoms. The molecule has 2 heterocycles. The third-order valence-corrected chi connectivity index (χ3v) is 2.85. The van der Waals surface area contributed by atoms with E-state index in [-0.39, 0.29) is 19.1 Å². The number of ether oxygens (including phenoxy) is 1. The molecule has 6 nitrogen and oxygen atoms in total. The molecule has 0 unspecified atom stereocenters. The van der Waals surface area contributed by atoms with Gasteiger partial charge in [-0.25, -0.2) is 4.79 Å². The highest BCUT2D eigenvalue weighted by Crippen LogP contribution is 2.11. The van der Waals surface area contributed by atoms with Gasteiger partial charge in [0.25, 0.3) is 0 Å². The lowest BCUT2D eigenvalue weighted by Gasteiger charge is -2.31. The van der Waals surface area contributed by atoms with Gasteiger partial charge in [0.2, 0.25) is 5.91 Å². The highest BCUT2D eigenvalue weighted by Gasteiger charge is 2.31. The van der Waals surface area contributed by atoms with Crippen LogP contribution >= 0.6 is 0 Å². The molecule has 0 aliphatic carbocycles. The van der Waals surface area contributed by atoms with Gasteiger partial charge in [-0.3, -0.25) is 4.79 Å². The maximum absolute atomic E-state index is 12.0. The molecule has 0 bridgehead atoms. The Morgan fingerprint density at radius 3 is 2.89 bits per heavy atom. The molecule has 0 radical (unpaired) electrons. The summed E-state index contributed by atoms with van der Waals surface area (Å²) in [6, 6.07) is 2.61. The molecule has 1 aromatic heterocycles. The van der Waals surface area contributed by atoms with E-state index in [9.17, 15) is 9.59 Å². The van der Waals surface area contributed by atoms with Crippen LogP contribution in [0.3, 0.4) is 0 Å². The predicted molar refractivity (Wildman–Crippen MR) is 66.4 cm³/mol. The minimum Gasteiger partial charge on any atom is -0.480 e. The average Bonchev–Trinajstić information content (AvgIpc) is 2.81. The lowest BCUT2D eigenvalue weighted by molar-refractivity contribution is -0.156. The summed E-state index contributed by atoms with van der Waals surface area (Å²) in [5.74, 6) is -0.104. The first-order valence-electron chi connectivity index (χ1n) is 5.93. The van der Waals surface area contributed by atoms with E-state index >= 15 is 0 Å². The standard InChI is InChI=1S/C13H15NO5/c1-9-2-3-10(19-9)4-5-12(15)14-6-7-18-8-11(14)13(16)17/h2-5,11H,6-8H2,1H3,(H,16,17)/b5-4+/t11-/m1/s1. The predicted octanol–water partition coefficient (Wildman–Crippen LogP) is 0.913. The van der Waals surface area contributed by atoms with E-state index in [1.54, 1.807) is 12.1 Å². The van der Waals surface area contributed by atoms with E-state index in [0.717, 1.165) is 5.76 Å². The van der Waals surface area contributed by atoms with Crippen molar-refractivity contribution in [2.45, 2.75) is 13.0 Å². The van der Waals surface area contributed by atoms with Gasteiger partial charge in [-0.05, 0) is 25.1 Å². The molecule has 1 atom stereocenters. The fourth-order valence-electron chi connectivity index (χ4n) is 1.86. The molecule has 1 N–H and O–H groups in total. The molecule has 1 aliphatic rings. The summed E-state index contributed by atoms with van der Waals surface area (Å²) < 4.78 is 10.4. The van der Waals surface area contributed by atoms with Crippen molar-refractivity contribution in [1.82, 2.24) is 4.90 Å². The van der Waals surface area contributed by atoms with Gasteiger partial charge in [0.1, 0.15) is 11.5 Å². The van der Waals surface area contributed by atoms with Crippen molar-refractivity contribution in [2.24, 2.45) is 0 Å². The molecule has 1 fully saturated rings. The maximum Gasteiger partial charge on any atom is 0.328 e. The number of rotatable bonds is 3. The number of nitrogens with zero attached hydrogens (tertiary/aromatic N) is 1. The van der Waals surface area contributed by atoms with Gasteiger partial charge in [0, 0.05) is 12.6 Å². The molecule has 0 aromatic carbocycles. The second-order valence-electron chi connectivity index (χ2n) is 4.24. The number of hydrogen-bond acceptors (Lipinski definition) is 4. The second kappa shape index (κ2) is 5.71. The number of amides is 1. The molecule has 0 spiro atoms. The smallest absolute Gasteiger partial charge is 0.328 e. The molecule has 0 saturated carbocycles. The molecule has 2 rings (SSSR count). The van der Waals surface area contributed by atoms with Crippen LogP contribution in [0.5, 0.6) is 0 Å². The number of morpholine rings is 1. The normalized spacial score (nSPS) is 19.8. The van der Waals surface area contributed by atoms with Crippen LogP contribution < -0.4 is 0 Å². The fourth-order valence-corrected chi connectivity index (χ4v) is 1.86. The third-order valence-electron chi connectivity index (χ3n) is 2.85. The van der Waals surface area contributed by atoms with Crippen molar-refractivity contribution in [3.05, 3.63) is 29.7 Å². The molecular formula is C13H15NO5. The van der Waals surface area contributed by atoms with Crippen LogP contribution in [-0.2, 0) is 14.3 Å². The molecule has 1 aromatic rings. The number of carbonyl (C=O) groups excluding carboxylic acids is 1. The van der Waals surface area contributed by atoms with Crippen LogP contribution in [0.2, 0.25) is 0 Å². The number of aliphatic carboxylic acids is 1. The summed E-state index contributed by atoms with van der Waals surface area (Å²) in [7, 11) is 0. The largest absolute Gasteiger partial charge is 0.480 e. The van der Waals surface area contributed by atoms with E-state index in [4.69, 9.17) is 14.3 Å². The van der Waals surface area contributed by atoms with Crippen molar-refractivity contribution in [1.29, 1.82) is 0 Å². The van der Waals surface area contributed by atoms with Crippen molar-refractivity contribution in [3.8, 4) is 0 Å². The van der Waals surface area contributed by atoms with Crippen molar-refractivity contribution in [2.75, 3.05) is 19.8 Å². The summed E-state index contributed by atoms with van der Waals surface area (Å²) in [6.45, 7) is 2.46. The summed E-state index contributed by atoms with van der Waals surface area (Å²) in [6.07, 6.45) is 2.85. The van der Waals surface area contributed by atoms with Crippen LogP contribution in [0.1, 0.15) is 11.5 Å². The summed E-state index contributed by atoms with van der Waals surface area (Å²) in [5, 5.41) is 9.03. The molecule has 1 amide bonds. The SMILES string of the molecule is Cc1ccc(/C=C/C(=O)N2CCOC[C@@H]2C(=O)O)o1. The zero-order valence-corrected chi connectivity index (χ0v) is 10.5. The van der Waals surface area contributed by atoms with Crippen LogP contribution in [0.15, 0.2) is 22.6 Å². The molecule has 6 heteroatoms. The quantitative estimate of drug-likeness (QED) is 0.822.